The molecule has 0 spiro atoms. The Kier molecular flexibility index (Phi) is 4.84. The van der Waals surface area contributed by atoms with Crippen molar-refractivity contribution in [3.63, 3.8) is 0 Å². The third-order valence-corrected chi connectivity index (χ3v) is 5.67. The van der Waals surface area contributed by atoms with Gasteiger partial charge < -0.3 is 14.8 Å². The number of piperidine rings is 1. The van der Waals surface area contributed by atoms with Crippen molar-refractivity contribution in [3.8, 4) is 5.69 Å². The van der Waals surface area contributed by atoms with Crippen molar-refractivity contribution < 1.29 is 4.79 Å². The third-order valence-electron chi connectivity index (χ3n) is 5.44. The first-order valence-electron chi connectivity index (χ1n) is 9.83. The van der Waals surface area contributed by atoms with Gasteiger partial charge in [-0.15, -0.1) is 15.3 Å². The van der Waals surface area contributed by atoms with Crippen molar-refractivity contribution in [3.05, 3.63) is 66.2 Å². The van der Waals surface area contributed by atoms with Crippen LogP contribution in [0.4, 0.5) is 11.5 Å². The van der Waals surface area contributed by atoms with Crippen LogP contribution < -0.4 is 10.2 Å². The van der Waals surface area contributed by atoms with Gasteiger partial charge in [0.1, 0.15) is 12.1 Å². The van der Waals surface area contributed by atoms with Crippen LogP contribution in [0.5, 0.6) is 0 Å². The second-order valence-electron chi connectivity index (χ2n) is 7.33. The van der Waals surface area contributed by atoms with Gasteiger partial charge in [-0.05, 0) is 55.3 Å². The maximum Gasteiger partial charge on any atom is 0.227 e. The van der Waals surface area contributed by atoms with E-state index in [0.717, 1.165) is 48.8 Å². The van der Waals surface area contributed by atoms with E-state index < -0.39 is 0 Å². The van der Waals surface area contributed by atoms with Gasteiger partial charge in [-0.25, -0.2) is 0 Å². The summed E-state index contributed by atoms with van der Waals surface area (Å²) < 4.78 is 3.61. The fourth-order valence-corrected chi connectivity index (χ4v) is 3.98. The highest BCUT2D eigenvalue weighted by atomic mass is 35.5. The summed E-state index contributed by atoms with van der Waals surface area (Å²) in [6.45, 7) is 1.54. The Morgan fingerprint density at radius 1 is 1.10 bits per heavy atom. The molecule has 1 fully saturated rings. The molecule has 0 saturated carbocycles. The number of amides is 1. The van der Waals surface area contributed by atoms with E-state index in [-0.39, 0.29) is 11.8 Å². The second-order valence-corrected chi connectivity index (χ2v) is 7.76. The number of anilines is 2. The molecular formula is C21H20ClN7O. The molecule has 1 aliphatic rings. The lowest BCUT2D eigenvalue weighted by Gasteiger charge is -2.32. The number of benzene rings is 1. The molecule has 4 heterocycles. The summed E-state index contributed by atoms with van der Waals surface area (Å²) in [6, 6.07) is 13.2. The fourth-order valence-electron chi connectivity index (χ4n) is 3.81. The fraction of sp³-hybridized carbons (Fsp3) is 0.238. The zero-order chi connectivity index (χ0) is 20.5. The Morgan fingerprint density at radius 3 is 2.70 bits per heavy atom. The highest BCUT2D eigenvalue weighted by molar-refractivity contribution is 6.31. The number of carbonyl (C=O) groups excluding carboxylic acids is 1. The molecule has 30 heavy (non-hydrogen) atoms. The van der Waals surface area contributed by atoms with Gasteiger partial charge in [0.2, 0.25) is 5.91 Å². The number of aromatic nitrogens is 5. The first-order chi connectivity index (χ1) is 14.7. The van der Waals surface area contributed by atoms with Gasteiger partial charge >= 0.3 is 0 Å². The zero-order valence-electron chi connectivity index (χ0n) is 16.1. The summed E-state index contributed by atoms with van der Waals surface area (Å²) in [6.07, 6.45) is 6.98. The topological polar surface area (TPSA) is 80.4 Å². The molecular weight excluding hydrogens is 402 g/mol. The van der Waals surface area contributed by atoms with E-state index in [1.807, 2.05) is 53.4 Å². The SMILES string of the molecule is O=C(Nc1ccc(Cl)cc1-n1cccc1)C1CCN(c2ccc3nncn3n2)CC1. The summed E-state index contributed by atoms with van der Waals surface area (Å²) in [5, 5.41) is 16.1. The van der Waals surface area contributed by atoms with Gasteiger partial charge in [-0.1, -0.05) is 11.6 Å². The van der Waals surface area contributed by atoms with Crippen LogP contribution in [0, 0.1) is 5.92 Å². The van der Waals surface area contributed by atoms with E-state index >= 15 is 0 Å². The first kappa shape index (κ1) is 18.6. The van der Waals surface area contributed by atoms with E-state index in [2.05, 4.69) is 25.5 Å². The lowest BCUT2D eigenvalue weighted by atomic mass is 9.95. The molecule has 1 saturated heterocycles. The monoisotopic (exact) mass is 421 g/mol. The summed E-state index contributed by atoms with van der Waals surface area (Å²) in [5.74, 6) is 0.856. The van der Waals surface area contributed by atoms with E-state index in [0.29, 0.717) is 5.02 Å². The Balaban J connectivity index is 1.26. The molecule has 1 aliphatic heterocycles. The Labute approximate surface area is 178 Å². The van der Waals surface area contributed by atoms with E-state index in [4.69, 9.17) is 11.6 Å². The smallest absolute Gasteiger partial charge is 0.227 e. The second kappa shape index (κ2) is 7.79. The van der Waals surface area contributed by atoms with Gasteiger partial charge in [0.05, 0.1) is 11.4 Å². The molecule has 1 N–H and O–H groups in total. The average Bonchev–Trinajstić information content (AvgIpc) is 3.46. The van der Waals surface area contributed by atoms with E-state index in [1.165, 1.54) is 0 Å². The number of hydrogen-bond donors (Lipinski definition) is 1. The maximum atomic E-state index is 12.9. The van der Waals surface area contributed by atoms with Crippen molar-refractivity contribution in [1.82, 2.24) is 24.4 Å². The van der Waals surface area contributed by atoms with Crippen LogP contribution in [0.15, 0.2) is 61.2 Å². The van der Waals surface area contributed by atoms with Gasteiger partial charge in [-0.3, -0.25) is 4.79 Å². The molecule has 3 aromatic heterocycles. The van der Waals surface area contributed by atoms with Crippen LogP contribution in [0.1, 0.15) is 12.8 Å². The first-order valence-corrected chi connectivity index (χ1v) is 10.2. The van der Waals surface area contributed by atoms with Crippen molar-refractivity contribution in [2.75, 3.05) is 23.3 Å². The van der Waals surface area contributed by atoms with E-state index in [1.54, 1.807) is 16.9 Å². The minimum Gasteiger partial charge on any atom is -0.355 e. The van der Waals surface area contributed by atoms with Crippen molar-refractivity contribution in [2.24, 2.45) is 5.92 Å². The number of nitrogens with one attached hydrogen (secondary N) is 1. The Hall–Kier alpha value is -3.39. The molecule has 1 aromatic carbocycles. The predicted octanol–water partition coefficient (Wildman–Crippen LogP) is 3.42. The molecule has 8 nitrogen and oxygen atoms in total. The third kappa shape index (κ3) is 3.61. The molecule has 0 radical (unpaired) electrons. The van der Waals surface area contributed by atoms with Crippen LogP contribution in [0.3, 0.4) is 0 Å². The van der Waals surface area contributed by atoms with Crippen LogP contribution in [0.2, 0.25) is 5.02 Å². The Bertz CT molecular complexity index is 1180. The predicted molar refractivity (Wildman–Crippen MR) is 115 cm³/mol. The molecule has 152 valence electrons. The number of halogens is 1. The lowest BCUT2D eigenvalue weighted by molar-refractivity contribution is -0.120. The molecule has 4 aromatic rings. The highest BCUT2D eigenvalue weighted by Crippen LogP contribution is 2.27. The molecule has 5 rings (SSSR count). The number of fused-ring (bicyclic) bond motifs is 1. The number of carbonyl (C=O) groups is 1. The van der Waals surface area contributed by atoms with Gasteiger partial charge in [-0.2, -0.15) is 4.52 Å². The van der Waals surface area contributed by atoms with Crippen LogP contribution >= 0.6 is 11.6 Å². The quantitative estimate of drug-likeness (QED) is 0.546. The average molecular weight is 422 g/mol. The molecule has 1 amide bonds. The minimum absolute atomic E-state index is 0.0348. The largest absolute Gasteiger partial charge is 0.355 e. The standard InChI is InChI=1S/C21H20ClN7O/c22-16-3-4-17(18(13-16)27-9-1-2-10-27)24-21(30)15-7-11-28(12-8-15)20-6-5-19-25-23-14-29(19)26-20/h1-6,9-10,13-15H,7-8,11-12H2,(H,24,30). The lowest BCUT2D eigenvalue weighted by Crippen LogP contribution is -2.38. The molecule has 9 heteroatoms. The Morgan fingerprint density at radius 2 is 1.90 bits per heavy atom. The van der Waals surface area contributed by atoms with Crippen molar-refractivity contribution in [2.45, 2.75) is 12.8 Å². The van der Waals surface area contributed by atoms with Gasteiger partial charge in [0.25, 0.3) is 0 Å². The summed E-state index contributed by atoms with van der Waals surface area (Å²) in [7, 11) is 0. The van der Waals surface area contributed by atoms with E-state index in [9.17, 15) is 4.79 Å². The normalized spacial score (nSPS) is 14.9. The summed E-state index contributed by atoms with van der Waals surface area (Å²) in [4.78, 5) is 15.1. The van der Waals surface area contributed by atoms with Gasteiger partial charge in [0.15, 0.2) is 5.65 Å². The van der Waals surface area contributed by atoms with Crippen molar-refractivity contribution in [1.29, 1.82) is 0 Å². The minimum atomic E-state index is -0.0481. The summed E-state index contributed by atoms with van der Waals surface area (Å²) >= 11 is 6.18. The van der Waals surface area contributed by atoms with Crippen LogP contribution in [-0.4, -0.2) is 43.4 Å². The molecule has 0 bridgehead atoms. The number of hydrogen-bond acceptors (Lipinski definition) is 5. The van der Waals surface area contributed by atoms with Gasteiger partial charge in [0, 0.05) is 36.4 Å². The number of rotatable bonds is 4. The molecule has 0 aliphatic carbocycles. The highest BCUT2D eigenvalue weighted by Gasteiger charge is 2.26. The maximum absolute atomic E-state index is 12.9. The molecule has 0 unspecified atom stereocenters. The zero-order valence-corrected chi connectivity index (χ0v) is 16.9. The molecule has 0 atom stereocenters. The van der Waals surface area contributed by atoms with Crippen LogP contribution in [0.25, 0.3) is 11.3 Å². The summed E-state index contributed by atoms with van der Waals surface area (Å²) in [5.41, 5.74) is 2.32. The van der Waals surface area contributed by atoms with Crippen LogP contribution in [-0.2, 0) is 4.79 Å². The van der Waals surface area contributed by atoms with Crippen molar-refractivity contribution >= 4 is 34.7 Å². The number of nitrogens with zero attached hydrogens (tertiary/aromatic N) is 6.